The van der Waals surface area contributed by atoms with Crippen LogP contribution in [0.15, 0.2) is 66.9 Å². The van der Waals surface area contributed by atoms with Crippen LogP contribution in [0.25, 0.3) is 11.1 Å². The van der Waals surface area contributed by atoms with Crippen LogP contribution in [-0.2, 0) is 13.2 Å². The second-order valence-corrected chi connectivity index (χ2v) is 5.16. The molecule has 0 aliphatic carbocycles. The van der Waals surface area contributed by atoms with Gasteiger partial charge in [0.25, 0.3) is 0 Å². The van der Waals surface area contributed by atoms with E-state index in [1.807, 2.05) is 36.4 Å². The van der Waals surface area contributed by atoms with Gasteiger partial charge in [0.05, 0.1) is 0 Å². The Kier molecular flexibility index (Phi) is 4.64. The average molecular weight is 308 g/mol. The molecule has 4 heteroatoms. The zero-order valence-electron chi connectivity index (χ0n) is 12.6. The molecule has 0 fully saturated rings. The molecule has 0 atom stereocenters. The maximum absolute atomic E-state index is 13.5. The molecule has 1 heterocycles. The Morgan fingerprint density at radius 3 is 2.52 bits per heavy atom. The van der Waals surface area contributed by atoms with Gasteiger partial charge in [-0.15, -0.1) is 0 Å². The van der Waals surface area contributed by atoms with Crippen molar-refractivity contribution in [2.75, 3.05) is 0 Å². The largest absolute Gasteiger partial charge is 0.473 e. The maximum atomic E-state index is 13.5. The third kappa shape index (κ3) is 3.73. The smallest absolute Gasteiger partial charge is 0.213 e. The van der Waals surface area contributed by atoms with Crippen LogP contribution in [0.4, 0.5) is 4.39 Å². The van der Waals surface area contributed by atoms with Gasteiger partial charge in [-0.05, 0) is 34.9 Å². The summed E-state index contributed by atoms with van der Waals surface area (Å²) in [6, 6.07) is 18.1. The van der Waals surface area contributed by atoms with Crippen LogP contribution in [0.3, 0.4) is 0 Å². The first-order valence-corrected chi connectivity index (χ1v) is 7.38. The first-order valence-electron chi connectivity index (χ1n) is 7.38. The minimum absolute atomic E-state index is 0.290. The number of ether oxygens (including phenoxy) is 1. The van der Waals surface area contributed by atoms with E-state index in [4.69, 9.17) is 10.5 Å². The summed E-state index contributed by atoms with van der Waals surface area (Å²) in [6.45, 7) is 0.809. The van der Waals surface area contributed by atoms with Gasteiger partial charge in [-0.1, -0.05) is 36.4 Å². The molecule has 0 unspecified atom stereocenters. The fraction of sp³-hybridized carbons (Fsp3) is 0.105. The highest BCUT2D eigenvalue weighted by Crippen LogP contribution is 2.25. The molecule has 3 nitrogen and oxygen atoms in total. The van der Waals surface area contributed by atoms with E-state index in [1.54, 1.807) is 18.3 Å². The lowest BCUT2D eigenvalue weighted by molar-refractivity contribution is 0.294. The van der Waals surface area contributed by atoms with Gasteiger partial charge in [-0.2, -0.15) is 0 Å². The number of benzene rings is 2. The van der Waals surface area contributed by atoms with Gasteiger partial charge in [0.15, 0.2) is 0 Å². The lowest BCUT2D eigenvalue weighted by atomic mass is 10.0. The minimum Gasteiger partial charge on any atom is -0.473 e. The summed E-state index contributed by atoms with van der Waals surface area (Å²) in [5, 5.41) is 0. The topological polar surface area (TPSA) is 48.1 Å². The molecule has 0 bridgehead atoms. The van der Waals surface area contributed by atoms with Crippen molar-refractivity contribution >= 4 is 0 Å². The monoisotopic (exact) mass is 308 g/mol. The van der Waals surface area contributed by atoms with Gasteiger partial charge in [-0.25, -0.2) is 9.37 Å². The van der Waals surface area contributed by atoms with E-state index in [1.165, 1.54) is 12.1 Å². The molecule has 0 aliphatic rings. The molecule has 0 radical (unpaired) electrons. The molecular weight excluding hydrogens is 291 g/mol. The predicted molar refractivity (Wildman–Crippen MR) is 88.3 cm³/mol. The zero-order valence-corrected chi connectivity index (χ0v) is 12.6. The summed E-state index contributed by atoms with van der Waals surface area (Å²) < 4.78 is 19.1. The summed E-state index contributed by atoms with van der Waals surface area (Å²) in [5.41, 5.74) is 9.25. The van der Waals surface area contributed by atoms with Crippen molar-refractivity contribution in [3.63, 3.8) is 0 Å². The van der Waals surface area contributed by atoms with Crippen molar-refractivity contribution in [2.24, 2.45) is 5.73 Å². The minimum atomic E-state index is -0.290. The fourth-order valence-corrected chi connectivity index (χ4v) is 2.35. The summed E-state index contributed by atoms with van der Waals surface area (Å²) in [6.07, 6.45) is 1.67. The second-order valence-electron chi connectivity index (χ2n) is 5.16. The summed E-state index contributed by atoms with van der Waals surface area (Å²) in [5.74, 6) is 0.241. The van der Waals surface area contributed by atoms with E-state index in [-0.39, 0.29) is 5.82 Å². The van der Waals surface area contributed by atoms with E-state index < -0.39 is 0 Å². The van der Waals surface area contributed by atoms with Crippen molar-refractivity contribution in [3.8, 4) is 17.0 Å². The van der Waals surface area contributed by atoms with Crippen LogP contribution in [0.2, 0.25) is 0 Å². The summed E-state index contributed by atoms with van der Waals surface area (Å²) in [7, 11) is 0. The molecule has 3 rings (SSSR count). The molecule has 0 aliphatic heterocycles. The second kappa shape index (κ2) is 7.03. The van der Waals surface area contributed by atoms with Crippen LogP contribution < -0.4 is 10.5 Å². The average Bonchev–Trinajstić information content (AvgIpc) is 2.61. The van der Waals surface area contributed by atoms with Crippen LogP contribution in [-0.4, -0.2) is 4.98 Å². The lowest BCUT2D eigenvalue weighted by Gasteiger charge is -2.09. The van der Waals surface area contributed by atoms with E-state index in [0.717, 1.165) is 22.3 Å². The molecule has 1 aromatic heterocycles. The van der Waals surface area contributed by atoms with Gasteiger partial charge >= 0.3 is 0 Å². The van der Waals surface area contributed by atoms with Crippen LogP contribution in [0.1, 0.15) is 11.1 Å². The Morgan fingerprint density at radius 1 is 1.00 bits per heavy atom. The standard InChI is InChI=1S/C19H17FN2O/c20-17-8-6-15(11-21)18(10-17)16-7-9-19(22-12-16)23-13-14-4-2-1-3-5-14/h1-10,12H,11,13,21H2. The Morgan fingerprint density at radius 2 is 1.83 bits per heavy atom. The zero-order chi connectivity index (χ0) is 16.1. The number of hydrogen-bond acceptors (Lipinski definition) is 3. The van der Waals surface area contributed by atoms with Crippen LogP contribution >= 0.6 is 0 Å². The van der Waals surface area contributed by atoms with Gasteiger partial charge in [-0.3, -0.25) is 0 Å². The van der Waals surface area contributed by atoms with Crippen molar-refractivity contribution < 1.29 is 9.13 Å². The molecular formula is C19H17FN2O. The Hall–Kier alpha value is -2.72. The number of pyridine rings is 1. The molecule has 23 heavy (non-hydrogen) atoms. The first kappa shape index (κ1) is 15.2. The number of nitrogens with zero attached hydrogens (tertiary/aromatic N) is 1. The molecule has 2 N–H and O–H groups in total. The molecule has 2 aromatic carbocycles. The Labute approximate surface area is 134 Å². The van der Waals surface area contributed by atoms with E-state index in [9.17, 15) is 4.39 Å². The highest BCUT2D eigenvalue weighted by atomic mass is 19.1. The van der Waals surface area contributed by atoms with Gasteiger partial charge in [0, 0.05) is 24.4 Å². The molecule has 0 saturated heterocycles. The fourth-order valence-electron chi connectivity index (χ4n) is 2.35. The molecule has 0 spiro atoms. The van der Waals surface area contributed by atoms with Gasteiger partial charge in [0.1, 0.15) is 12.4 Å². The van der Waals surface area contributed by atoms with E-state index in [0.29, 0.717) is 19.0 Å². The Bertz CT molecular complexity index is 773. The van der Waals surface area contributed by atoms with Crippen molar-refractivity contribution in [1.82, 2.24) is 4.98 Å². The molecule has 116 valence electrons. The molecule has 0 saturated carbocycles. The highest BCUT2D eigenvalue weighted by Gasteiger charge is 2.07. The van der Waals surface area contributed by atoms with Crippen molar-refractivity contribution in [1.29, 1.82) is 0 Å². The number of aromatic nitrogens is 1. The number of hydrogen-bond donors (Lipinski definition) is 1. The number of rotatable bonds is 5. The van der Waals surface area contributed by atoms with Crippen LogP contribution in [0.5, 0.6) is 5.88 Å². The molecule has 3 aromatic rings. The van der Waals surface area contributed by atoms with E-state index >= 15 is 0 Å². The lowest BCUT2D eigenvalue weighted by Crippen LogP contribution is -2.00. The number of halogens is 1. The third-order valence-electron chi connectivity index (χ3n) is 3.57. The maximum Gasteiger partial charge on any atom is 0.213 e. The molecule has 0 amide bonds. The SMILES string of the molecule is NCc1ccc(F)cc1-c1ccc(OCc2ccccc2)nc1. The summed E-state index contributed by atoms with van der Waals surface area (Å²) in [4.78, 5) is 4.29. The van der Waals surface area contributed by atoms with Crippen molar-refractivity contribution in [2.45, 2.75) is 13.2 Å². The predicted octanol–water partition coefficient (Wildman–Crippen LogP) is 3.93. The van der Waals surface area contributed by atoms with Gasteiger partial charge < -0.3 is 10.5 Å². The highest BCUT2D eigenvalue weighted by molar-refractivity contribution is 5.66. The third-order valence-corrected chi connectivity index (χ3v) is 3.57. The van der Waals surface area contributed by atoms with E-state index in [2.05, 4.69) is 4.98 Å². The number of nitrogens with two attached hydrogens (primary N) is 1. The summed E-state index contributed by atoms with van der Waals surface area (Å²) >= 11 is 0. The quantitative estimate of drug-likeness (QED) is 0.777. The normalized spacial score (nSPS) is 10.5. The first-order chi connectivity index (χ1) is 11.3. The van der Waals surface area contributed by atoms with Crippen molar-refractivity contribution in [3.05, 3.63) is 83.8 Å². The Balaban J connectivity index is 1.76. The van der Waals surface area contributed by atoms with Gasteiger partial charge in [0.2, 0.25) is 5.88 Å². The van der Waals surface area contributed by atoms with Crippen LogP contribution in [0, 0.1) is 5.82 Å².